The first-order valence-corrected chi connectivity index (χ1v) is 50.1. The molecule has 12 heterocycles. The van der Waals surface area contributed by atoms with Gasteiger partial charge in [0, 0.05) is 143 Å². The molecule has 704 valence electrons. The quantitative estimate of drug-likeness (QED) is 0.0959. The molecular weight excluding hydrogens is 1830 g/mol. The zero-order valence-electron chi connectivity index (χ0n) is 81.6. The molecule has 16 aromatic carbocycles. The molecule has 0 amide bonds. The lowest BCUT2D eigenvalue weighted by molar-refractivity contribution is 0.986. The van der Waals surface area contributed by atoms with Crippen LogP contribution in [0.3, 0.4) is 0 Å². The molecule has 0 unspecified atom stereocenters. The Morgan fingerprint density at radius 3 is 1.06 bits per heavy atom. The number of nitriles is 2. The fraction of sp³-hybridized carbons (Fsp3) is 0.0148. The number of rotatable bonds is 15. The van der Waals surface area contributed by atoms with Crippen LogP contribution < -0.4 is 9.80 Å². The number of hydrogen-bond acceptors (Lipinski definition) is 11. The number of nitrogens with zero attached hydrogens (tertiary/aromatic N) is 15. The van der Waals surface area contributed by atoms with Crippen molar-refractivity contribution in [2.45, 2.75) is 13.8 Å². The SMILES string of the molecule is Cc1ccc(-c2ccc(-c3ccnc(N4c5ccccc5N(c5ccccc5)c5ccccc54)c3)cc2)c(C)n1.N#Cc1ccc(-c2c(-c3ccccc3)c(-n3c4ccccc4c4cnccc43)nc(-n3c4ccccc4c4cnccc43)c2-n2c3ccccc3c3cnccc32)cc1.N#Cc1ccc(-c2c(-c3ccccc3)cnc(-n3c4ccc(-c5ccccc5)cc4c4cc(-c5ccccc5)ccc43)c2-c2ccccc2)cc1. The second-order valence-electron chi connectivity index (χ2n) is 37.4. The van der Waals surface area contributed by atoms with E-state index in [0.717, 1.165) is 228 Å². The van der Waals surface area contributed by atoms with Gasteiger partial charge in [-0.25, -0.2) is 15.0 Å². The minimum Gasteiger partial charge on any atom is -0.306 e. The van der Waals surface area contributed by atoms with Gasteiger partial charge in [0.05, 0.1) is 95.8 Å². The topological polar surface area (TPSA) is 164 Å². The van der Waals surface area contributed by atoms with Gasteiger partial charge in [-0.3, -0.25) is 38.5 Å². The Bertz CT molecular complexity index is 9680. The molecule has 150 heavy (non-hydrogen) atoms. The van der Waals surface area contributed by atoms with Crippen molar-refractivity contribution >= 4 is 121 Å². The Morgan fingerprint density at radius 2 is 0.573 bits per heavy atom. The molecule has 1 aliphatic heterocycles. The maximum Gasteiger partial charge on any atom is 0.165 e. The van der Waals surface area contributed by atoms with Gasteiger partial charge in [0.1, 0.15) is 17.5 Å². The normalized spacial score (nSPS) is 11.6. The van der Waals surface area contributed by atoms with Gasteiger partial charge in [-0.05, 0) is 220 Å². The van der Waals surface area contributed by atoms with E-state index in [-0.39, 0.29) is 0 Å². The van der Waals surface area contributed by atoms with E-state index in [1.165, 1.54) is 27.8 Å². The number of hydrogen-bond donors (Lipinski definition) is 0. The molecule has 15 nitrogen and oxygen atoms in total. The summed E-state index contributed by atoms with van der Waals surface area (Å²) >= 11 is 0. The molecule has 0 aliphatic carbocycles. The smallest absolute Gasteiger partial charge is 0.165 e. The van der Waals surface area contributed by atoms with Gasteiger partial charge in [-0.15, -0.1) is 0 Å². The van der Waals surface area contributed by atoms with Crippen LogP contribution in [0.1, 0.15) is 22.5 Å². The summed E-state index contributed by atoms with van der Waals surface area (Å²) < 4.78 is 9.28. The summed E-state index contributed by atoms with van der Waals surface area (Å²) in [7, 11) is 0. The van der Waals surface area contributed by atoms with Gasteiger partial charge < -0.3 is 9.47 Å². The fourth-order valence-corrected chi connectivity index (χ4v) is 22.0. The van der Waals surface area contributed by atoms with Gasteiger partial charge >= 0.3 is 0 Å². The molecule has 0 saturated carbocycles. The molecule has 0 radical (unpaired) electrons. The number of fused-ring (bicyclic) bond motifs is 14. The van der Waals surface area contributed by atoms with Gasteiger partial charge in [0.25, 0.3) is 0 Å². The first-order chi connectivity index (χ1) is 74.2. The molecule has 1 aliphatic rings. The number of aryl methyl sites for hydroxylation is 2. The zero-order valence-corrected chi connectivity index (χ0v) is 81.6. The van der Waals surface area contributed by atoms with Crippen molar-refractivity contribution in [2.24, 2.45) is 0 Å². The second kappa shape index (κ2) is 38.2. The molecule has 0 bridgehead atoms. The van der Waals surface area contributed by atoms with Crippen molar-refractivity contribution in [1.82, 2.24) is 53.2 Å². The standard InChI is InChI=1S/C51H30N8.C48H31N3.C36H28N4/c52-28-32-18-20-34(21-19-32)47-48(33-10-2-1-3-11-33)50(58-42-16-8-5-13-36(42)39-30-54-26-23-45(39)58)56-51(59-43-17-9-6-14-37(43)40-31-55-27-24-46(40)59)49(47)57-41-15-7-4-12-35(41)38-29-53-25-22-44(38)57;49-31-33-21-23-38(24-22-33)46-43(36-17-9-3-10-18-36)32-50-48(47(46)37-19-11-4-12-20-37)51-44-27-25-39(34-13-5-1-6-14-34)29-41(44)42-30-40(26-28-45(42)51)35-15-7-2-8-16-35;1-25-16-21-31(26(2)38-25)28-19-17-27(18-20-28)29-22-23-37-36(24-29)40-34-14-8-6-12-32(34)39(30-10-4-3-5-11-30)33-13-7-9-15-35(33)40/h1-27,29-31H;1-30,32H;3-24H,1-2H3. The number of anilines is 6. The third-order valence-corrected chi connectivity index (χ3v) is 28.7. The predicted molar refractivity (Wildman–Crippen MR) is 612 cm³/mol. The first kappa shape index (κ1) is 89.4. The monoisotopic (exact) mass is 1920 g/mol. The average molecular weight is 1920 g/mol. The van der Waals surface area contributed by atoms with Crippen LogP contribution in [0.5, 0.6) is 0 Å². The Labute approximate surface area is 865 Å². The van der Waals surface area contributed by atoms with Crippen molar-refractivity contribution < 1.29 is 0 Å². The van der Waals surface area contributed by atoms with Crippen molar-refractivity contribution in [2.75, 3.05) is 9.80 Å². The predicted octanol–water partition coefficient (Wildman–Crippen LogP) is 33.8. The number of para-hydroxylation sites is 8. The number of benzene rings is 16. The number of aromatic nitrogens is 11. The summed E-state index contributed by atoms with van der Waals surface area (Å²) in [5.41, 5.74) is 37.3. The van der Waals surface area contributed by atoms with Crippen LogP contribution in [0.4, 0.5) is 34.3 Å². The zero-order chi connectivity index (χ0) is 100. The van der Waals surface area contributed by atoms with Gasteiger partial charge in [0.15, 0.2) is 5.82 Å². The molecule has 27 aromatic rings. The van der Waals surface area contributed by atoms with Gasteiger partial charge in [-0.1, -0.05) is 315 Å². The molecule has 11 aromatic heterocycles. The van der Waals surface area contributed by atoms with Crippen LogP contribution >= 0.6 is 0 Å². The summed E-state index contributed by atoms with van der Waals surface area (Å²) in [5.74, 6) is 3.22. The maximum atomic E-state index is 10.0. The Hall–Kier alpha value is -20.6. The highest BCUT2D eigenvalue weighted by atomic mass is 15.3. The Morgan fingerprint density at radius 1 is 0.220 bits per heavy atom. The van der Waals surface area contributed by atoms with Crippen LogP contribution in [-0.4, -0.2) is 53.2 Å². The van der Waals surface area contributed by atoms with Crippen LogP contribution in [0.15, 0.2) is 505 Å². The Kier molecular flexibility index (Phi) is 22.8. The van der Waals surface area contributed by atoms with Crippen molar-refractivity contribution in [3.63, 3.8) is 0 Å². The molecule has 0 saturated heterocycles. The van der Waals surface area contributed by atoms with E-state index in [2.05, 4.69) is 486 Å². The van der Waals surface area contributed by atoms with Crippen LogP contribution in [0.2, 0.25) is 0 Å². The molecule has 0 spiro atoms. The molecule has 0 N–H and O–H groups in total. The second-order valence-corrected chi connectivity index (χ2v) is 37.4. The van der Waals surface area contributed by atoms with E-state index in [1.807, 2.05) is 92.9 Å². The Balaban J connectivity index is 0.000000116. The van der Waals surface area contributed by atoms with Crippen LogP contribution in [0, 0.1) is 36.5 Å². The molecule has 0 atom stereocenters. The summed E-state index contributed by atoms with van der Waals surface area (Å²) in [6.45, 7) is 4.10. The van der Waals surface area contributed by atoms with E-state index >= 15 is 0 Å². The van der Waals surface area contributed by atoms with E-state index in [4.69, 9.17) is 15.0 Å². The maximum absolute atomic E-state index is 10.0. The summed E-state index contributed by atoms with van der Waals surface area (Å²) in [4.78, 5) is 39.3. The summed E-state index contributed by atoms with van der Waals surface area (Å²) in [6, 6.07) is 163. The molecule has 0 fully saturated rings. The molecular formula is C135H89N15. The summed E-state index contributed by atoms with van der Waals surface area (Å²) in [5, 5.41) is 28.3. The minimum absolute atomic E-state index is 0.582. The minimum atomic E-state index is 0.582. The van der Waals surface area contributed by atoms with Gasteiger partial charge in [-0.2, -0.15) is 10.5 Å². The number of pyridine rings is 7. The molecule has 15 heteroatoms. The average Bonchev–Trinajstić information content (AvgIpc) is 1.52. The summed E-state index contributed by atoms with van der Waals surface area (Å²) in [6.07, 6.45) is 15.3. The van der Waals surface area contributed by atoms with Crippen LogP contribution in [-0.2, 0) is 0 Å². The highest BCUT2D eigenvalue weighted by Crippen LogP contribution is 2.56. The van der Waals surface area contributed by atoms with Crippen molar-refractivity contribution in [3.8, 4) is 135 Å². The third-order valence-electron chi connectivity index (χ3n) is 28.7. The fourth-order valence-electron chi connectivity index (χ4n) is 22.0. The molecule has 28 rings (SSSR count). The van der Waals surface area contributed by atoms with E-state index < -0.39 is 0 Å². The highest BCUT2D eigenvalue weighted by Gasteiger charge is 2.35. The van der Waals surface area contributed by atoms with E-state index in [0.29, 0.717) is 11.1 Å². The van der Waals surface area contributed by atoms with Crippen molar-refractivity contribution in [1.29, 1.82) is 10.5 Å². The largest absolute Gasteiger partial charge is 0.306 e. The van der Waals surface area contributed by atoms with Crippen LogP contribution in [0.25, 0.3) is 211 Å². The van der Waals surface area contributed by atoms with Gasteiger partial charge in [0.2, 0.25) is 0 Å². The van der Waals surface area contributed by atoms with E-state index in [1.54, 1.807) is 0 Å². The van der Waals surface area contributed by atoms with Crippen molar-refractivity contribution in [3.05, 3.63) is 527 Å². The lowest BCUT2D eigenvalue weighted by Gasteiger charge is -2.39. The highest BCUT2D eigenvalue weighted by molar-refractivity contribution is 6.17. The van der Waals surface area contributed by atoms with E-state index in [9.17, 15) is 10.5 Å². The lowest BCUT2D eigenvalue weighted by atomic mass is 9.88. The first-order valence-electron chi connectivity index (χ1n) is 50.1. The third kappa shape index (κ3) is 15.7. The lowest BCUT2D eigenvalue weighted by Crippen LogP contribution is -2.24.